The average Bonchev–Trinajstić information content (AvgIpc) is 2.65. The van der Waals surface area contributed by atoms with Crippen LogP contribution in [0.5, 0.6) is 0 Å². The molecule has 1 aromatic carbocycles. The van der Waals surface area contributed by atoms with Crippen LogP contribution in [-0.4, -0.2) is 37.4 Å². The highest BCUT2D eigenvalue weighted by molar-refractivity contribution is 8.00. The van der Waals surface area contributed by atoms with Crippen LogP contribution in [0.2, 0.25) is 0 Å². The molecule has 1 unspecified atom stereocenters. The zero-order valence-electron chi connectivity index (χ0n) is 12.3. The minimum absolute atomic E-state index is 0.0218. The Morgan fingerprint density at radius 1 is 1.43 bits per heavy atom. The summed E-state index contributed by atoms with van der Waals surface area (Å²) in [4.78, 5) is 26.4. The fourth-order valence-electron chi connectivity index (χ4n) is 2.22. The number of methoxy groups -OCH3 is 1. The van der Waals surface area contributed by atoms with E-state index in [1.54, 1.807) is 11.8 Å². The summed E-state index contributed by atoms with van der Waals surface area (Å²) < 4.78 is 4.49. The van der Waals surface area contributed by atoms with Gasteiger partial charge in [-0.25, -0.2) is 4.79 Å². The molecule has 1 N–H and O–H groups in total. The first-order valence-electron chi connectivity index (χ1n) is 6.99. The Labute approximate surface area is 129 Å². The van der Waals surface area contributed by atoms with Crippen LogP contribution in [0.3, 0.4) is 0 Å². The van der Waals surface area contributed by atoms with Gasteiger partial charge in [-0.15, -0.1) is 11.8 Å². The van der Waals surface area contributed by atoms with Gasteiger partial charge in [-0.05, 0) is 18.6 Å². The number of benzene rings is 1. The molecule has 0 fully saturated rings. The van der Waals surface area contributed by atoms with Crippen molar-refractivity contribution in [3.05, 3.63) is 24.3 Å². The molecule has 1 aliphatic rings. The zero-order chi connectivity index (χ0) is 15.2. The van der Waals surface area contributed by atoms with E-state index >= 15 is 0 Å². The molecule has 114 valence electrons. The lowest BCUT2D eigenvalue weighted by molar-refractivity contribution is -0.118. The number of rotatable bonds is 3. The van der Waals surface area contributed by atoms with Gasteiger partial charge in [-0.3, -0.25) is 4.79 Å². The molecule has 0 saturated carbocycles. The quantitative estimate of drug-likeness (QED) is 0.932. The third-order valence-electron chi connectivity index (χ3n) is 3.34. The summed E-state index contributed by atoms with van der Waals surface area (Å²) in [7, 11) is 1.31. The molecule has 21 heavy (non-hydrogen) atoms. The Morgan fingerprint density at radius 3 is 2.95 bits per heavy atom. The van der Waals surface area contributed by atoms with Gasteiger partial charge >= 0.3 is 6.09 Å². The number of ether oxygens (including phenoxy) is 1. The molecule has 0 saturated heterocycles. The molecule has 0 aliphatic carbocycles. The summed E-state index contributed by atoms with van der Waals surface area (Å²) in [6.45, 7) is 3.17. The van der Waals surface area contributed by atoms with Gasteiger partial charge in [-0.2, -0.15) is 0 Å². The lowest BCUT2D eigenvalue weighted by Gasteiger charge is -2.22. The molecule has 0 spiro atoms. The summed E-state index contributed by atoms with van der Waals surface area (Å²) in [6.07, 6.45) is 0.709. The van der Waals surface area contributed by atoms with Crippen molar-refractivity contribution in [3.63, 3.8) is 0 Å². The van der Waals surface area contributed by atoms with E-state index in [9.17, 15) is 9.59 Å². The van der Waals surface area contributed by atoms with Crippen LogP contribution in [-0.2, 0) is 9.53 Å². The normalized spacial score (nSPS) is 17.6. The number of amides is 2. The average molecular weight is 308 g/mol. The molecular weight excluding hydrogens is 288 g/mol. The van der Waals surface area contributed by atoms with Crippen LogP contribution in [0, 0.1) is 0 Å². The molecule has 6 heteroatoms. The smallest absolute Gasteiger partial charge is 0.406 e. The maximum absolute atomic E-state index is 12.4. The number of carbonyl (C=O) groups is 2. The highest BCUT2D eigenvalue weighted by Crippen LogP contribution is 2.37. The van der Waals surface area contributed by atoms with Gasteiger partial charge in [0.1, 0.15) is 0 Å². The van der Waals surface area contributed by atoms with Crippen molar-refractivity contribution in [2.75, 3.05) is 25.1 Å². The standard InChI is InChI=1S/C15H20N2O3S/c1-11-8-10-17(12-5-3-4-6-13(12)21-11)14(18)7-9-16-15(19)20-2/h3-6,11H,7-10H2,1-2H3,(H,16,19). The number of nitrogens with zero attached hydrogens (tertiary/aromatic N) is 1. The number of hydrogen-bond donors (Lipinski definition) is 1. The minimum Gasteiger partial charge on any atom is -0.453 e. The lowest BCUT2D eigenvalue weighted by Crippen LogP contribution is -2.35. The number of nitrogens with one attached hydrogen (secondary N) is 1. The largest absolute Gasteiger partial charge is 0.453 e. The van der Waals surface area contributed by atoms with Gasteiger partial charge in [-0.1, -0.05) is 19.1 Å². The van der Waals surface area contributed by atoms with Gasteiger partial charge in [0.25, 0.3) is 0 Å². The zero-order valence-corrected chi connectivity index (χ0v) is 13.1. The third-order valence-corrected chi connectivity index (χ3v) is 4.58. The topological polar surface area (TPSA) is 58.6 Å². The summed E-state index contributed by atoms with van der Waals surface area (Å²) in [5.74, 6) is 0.0218. The van der Waals surface area contributed by atoms with Crippen molar-refractivity contribution in [1.82, 2.24) is 5.32 Å². The Bertz CT molecular complexity index is 521. The maximum atomic E-state index is 12.4. The van der Waals surface area contributed by atoms with Crippen molar-refractivity contribution in [3.8, 4) is 0 Å². The molecule has 2 rings (SSSR count). The molecule has 1 atom stereocenters. The molecular formula is C15H20N2O3S. The third kappa shape index (κ3) is 4.14. The van der Waals surface area contributed by atoms with E-state index in [0.717, 1.165) is 17.0 Å². The fraction of sp³-hybridized carbons (Fsp3) is 0.467. The second kappa shape index (κ2) is 7.36. The predicted molar refractivity (Wildman–Crippen MR) is 83.8 cm³/mol. The first-order chi connectivity index (χ1) is 10.1. The summed E-state index contributed by atoms with van der Waals surface area (Å²) >= 11 is 1.80. The van der Waals surface area contributed by atoms with Crippen molar-refractivity contribution < 1.29 is 14.3 Å². The van der Waals surface area contributed by atoms with Gasteiger partial charge in [0, 0.05) is 29.7 Å². The number of thioether (sulfide) groups is 1. The van der Waals surface area contributed by atoms with Gasteiger partial charge in [0.05, 0.1) is 12.8 Å². The number of hydrogen-bond acceptors (Lipinski definition) is 4. The molecule has 0 aromatic heterocycles. The first kappa shape index (κ1) is 15.7. The second-order valence-electron chi connectivity index (χ2n) is 4.90. The van der Waals surface area contributed by atoms with Gasteiger partial charge in [0.2, 0.25) is 5.91 Å². The van der Waals surface area contributed by atoms with Crippen molar-refractivity contribution >= 4 is 29.4 Å². The summed E-state index contributed by atoms with van der Waals surface area (Å²) in [6, 6.07) is 7.97. The van der Waals surface area contributed by atoms with E-state index in [-0.39, 0.29) is 18.9 Å². The fourth-order valence-corrected chi connectivity index (χ4v) is 3.34. The van der Waals surface area contributed by atoms with E-state index in [0.29, 0.717) is 11.8 Å². The van der Waals surface area contributed by atoms with Crippen molar-refractivity contribution in [2.24, 2.45) is 0 Å². The second-order valence-corrected chi connectivity index (χ2v) is 6.38. The van der Waals surface area contributed by atoms with Crippen LogP contribution in [0.4, 0.5) is 10.5 Å². The van der Waals surface area contributed by atoms with Crippen LogP contribution in [0.25, 0.3) is 0 Å². The highest BCUT2D eigenvalue weighted by atomic mass is 32.2. The molecule has 0 bridgehead atoms. The predicted octanol–water partition coefficient (Wildman–Crippen LogP) is 2.65. The number of alkyl carbamates (subject to hydrolysis) is 1. The van der Waals surface area contributed by atoms with E-state index in [2.05, 4.69) is 23.0 Å². The number of fused-ring (bicyclic) bond motifs is 1. The van der Waals surface area contributed by atoms with Crippen LogP contribution < -0.4 is 10.2 Å². The number of carbonyl (C=O) groups excluding carboxylic acids is 2. The molecule has 1 aromatic rings. The first-order valence-corrected chi connectivity index (χ1v) is 7.87. The molecule has 2 amide bonds. The van der Waals surface area contributed by atoms with Crippen molar-refractivity contribution in [2.45, 2.75) is 29.9 Å². The Hall–Kier alpha value is -1.69. The summed E-state index contributed by atoms with van der Waals surface area (Å²) in [5.41, 5.74) is 0.968. The number of anilines is 1. The molecule has 5 nitrogen and oxygen atoms in total. The Kier molecular flexibility index (Phi) is 5.50. The van der Waals surface area contributed by atoms with Crippen LogP contribution in [0.1, 0.15) is 19.8 Å². The molecule has 1 aliphatic heterocycles. The summed E-state index contributed by atoms with van der Waals surface area (Å²) in [5, 5.41) is 3.02. The van der Waals surface area contributed by atoms with E-state index in [1.807, 2.05) is 23.1 Å². The van der Waals surface area contributed by atoms with Crippen LogP contribution >= 0.6 is 11.8 Å². The molecule has 0 radical (unpaired) electrons. The van der Waals surface area contributed by atoms with E-state index < -0.39 is 6.09 Å². The van der Waals surface area contributed by atoms with E-state index in [4.69, 9.17) is 0 Å². The molecule has 1 heterocycles. The lowest BCUT2D eigenvalue weighted by atomic mass is 10.2. The Balaban J connectivity index is 2.05. The maximum Gasteiger partial charge on any atom is 0.406 e. The van der Waals surface area contributed by atoms with E-state index in [1.165, 1.54) is 7.11 Å². The SMILES string of the molecule is COC(=O)NCCC(=O)N1CCC(C)Sc2ccccc21. The number of para-hydroxylation sites is 1. The minimum atomic E-state index is -0.511. The monoisotopic (exact) mass is 308 g/mol. The Morgan fingerprint density at radius 2 is 2.19 bits per heavy atom. The van der Waals surface area contributed by atoms with Crippen LogP contribution in [0.15, 0.2) is 29.2 Å². The highest BCUT2D eigenvalue weighted by Gasteiger charge is 2.23. The van der Waals surface area contributed by atoms with Gasteiger partial charge in [0.15, 0.2) is 0 Å². The van der Waals surface area contributed by atoms with Crippen molar-refractivity contribution in [1.29, 1.82) is 0 Å². The van der Waals surface area contributed by atoms with Gasteiger partial charge < -0.3 is 15.0 Å².